The molecule has 4 nitrogen and oxygen atoms in total. The first kappa shape index (κ1) is 14.8. The van der Waals surface area contributed by atoms with Crippen LogP contribution in [-0.2, 0) is 16.1 Å². The van der Waals surface area contributed by atoms with Gasteiger partial charge in [0.1, 0.15) is 5.76 Å². The van der Waals surface area contributed by atoms with Gasteiger partial charge in [0.15, 0.2) is 5.78 Å². The van der Waals surface area contributed by atoms with Crippen LogP contribution in [0.4, 0.5) is 0 Å². The van der Waals surface area contributed by atoms with Gasteiger partial charge in [0.05, 0.1) is 23.1 Å². The zero-order valence-corrected chi connectivity index (χ0v) is 14.1. The first-order valence-electron chi connectivity index (χ1n) is 7.26. The number of fused-ring (bicyclic) bond motifs is 2. The van der Waals surface area contributed by atoms with E-state index in [0.717, 1.165) is 12.8 Å². The number of halogens is 1. The van der Waals surface area contributed by atoms with E-state index in [1.54, 1.807) is 12.3 Å². The van der Waals surface area contributed by atoms with E-state index in [9.17, 15) is 9.59 Å². The summed E-state index contributed by atoms with van der Waals surface area (Å²) >= 11 is 3.51. The number of hydrogen-bond donors (Lipinski definition) is 1. The van der Waals surface area contributed by atoms with Gasteiger partial charge in [0.2, 0.25) is 5.91 Å². The highest BCUT2D eigenvalue weighted by atomic mass is 79.9. The van der Waals surface area contributed by atoms with E-state index in [1.807, 2.05) is 26.8 Å². The maximum Gasteiger partial charge on any atom is 0.228 e. The van der Waals surface area contributed by atoms with E-state index in [2.05, 4.69) is 21.2 Å². The van der Waals surface area contributed by atoms with Gasteiger partial charge >= 0.3 is 0 Å². The predicted octanol–water partition coefficient (Wildman–Crippen LogP) is 3.05. The third-order valence-corrected chi connectivity index (χ3v) is 7.33. The maximum atomic E-state index is 12.9. The molecule has 1 amide bonds. The lowest BCUT2D eigenvalue weighted by molar-refractivity contribution is -0.136. The number of hydrogen-bond acceptors (Lipinski definition) is 3. The Morgan fingerprint density at radius 3 is 2.67 bits per heavy atom. The van der Waals surface area contributed by atoms with Gasteiger partial charge in [0, 0.05) is 5.41 Å². The summed E-state index contributed by atoms with van der Waals surface area (Å²) < 4.78 is 5.25. The van der Waals surface area contributed by atoms with Crippen LogP contribution >= 0.6 is 15.9 Å². The number of carbonyl (C=O) groups excluding carboxylic acids is 2. The molecule has 0 aliphatic heterocycles. The molecule has 3 rings (SSSR count). The molecule has 0 radical (unpaired) electrons. The first-order valence-corrected chi connectivity index (χ1v) is 8.18. The third kappa shape index (κ3) is 1.61. The van der Waals surface area contributed by atoms with E-state index < -0.39 is 15.7 Å². The summed E-state index contributed by atoms with van der Waals surface area (Å²) in [5, 5.41) is 2.95. The molecule has 3 unspecified atom stereocenters. The molecule has 2 bridgehead atoms. The monoisotopic (exact) mass is 353 g/mol. The zero-order valence-electron chi connectivity index (χ0n) is 12.5. The van der Waals surface area contributed by atoms with Crippen molar-refractivity contribution >= 4 is 27.6 Å². The van der Waals surface area contributed by atoms with Crippen molar-refractivity contribution in [2.75, 3.05) is 0 Å². The van der Waals surface area contributed by atoms with Crippen molar-refractivity contribution in [3.8, 4) is 0 Å². The fourth-order valence-electron chi connectivity index (χ4n) is 4.19. The smallest absolute Gasteiger partial charge is 0.228 e. The Balaban J connectivity index is 1.89. The second kappa shape index (κ2) is 4.45. The molecule has 2 fully saturated rings. The molecule has 1 aromatic heterocycles. The first-order chi connectivity index (χ1) is 9.77. The third-order valence-electron chi connectivity index (χ3n) is 6.13. The zero-order chi connectivity index (χ0) is 15.5. The second-order valence-corrected chi connectivity index (χ2v) is 7.83. The number of alkyl halides is 1. The average molecular weight is 354 g/mol. The van der Waals surface area contributed by atoms with Crippen LogP contribution in [0.1, 0.15) is 39.4 Å². The maximum absolute atomic E-state index is 12.9. The fraction of sp³-hybridized carbons (Fsp3) is 0.625. The summed E-state index contributed by atoms with van der Waals surface area (Å²) in [4.78, 5) is 25.1. The fourth-order valence-corrected chi connectivity index (χ4v) is 5.71. The summed E-state index contributed by atoms with van der Waals surface area (Å²) in [5.74, 6) is 0.820. The van der Waals surface area contributed by atoms with Gasteiger partial charge in [-0.15, -0.1) is 0 Å². The summed E-state index contributed by atoms with van der Waals surface area (Å²) in [6.07, 6.45) is 3.10. The molecule has 0 aromatic carbocycles. The Hall–Kier alpha value is -1.10. The Morgan fingerprint density at radius 2 is 2.14 bits per heavy atom. The largest absolute Gasteiger partial charge is 0.467 e. The van der Waals surface area contributed by atoms with Crippen molar-refractivity contribution < 1.29 is 14.0 Å². The number of ketones is 1. The number of carbonyl (C=O) groups is 2. The van der Waals surface area contributed by atoms with Crippen LogP contribution in [-0.4, -0.2) is 16.5 Å². The van der Waals surface area contributed by atoms with Gasteiger partial charge in [-0.2, -0.15) is 0 Å². The van der Waals surface area contributed by atoms with Crippen LogP contribution in [0.25, 0.3) is 0 Å². The standard InChI is InChI=1S/C16H20BrNO3/c1-14(2)15(3)6-7-16(14,11(17)12(15)19)13(20)18-9-10-5-4-8-21-10/h4-5,8,11H,6-7,9H2,1-3H3,(H,18,20). The van der Waals surface area contributed by atoms with E-state index in [0.29, 0.717) is 12.3 Å². The lowest BCUT2D eigenvalue weighted by atomic mass is 9.64. The molecule has 1 heterocycles. The predicted molar refractivity (Wildman–Crippen MR) is 81.8 cm³/mol. The normalized spacial score (nSPS) is 37.0. The lowest BCUT2D eigenvalue weighted by Crippen LogP contribution is -2.50. The van der Waals surface area contributed by atoms with Crippen molar-refractivity contribution in [1.29, 1.82) is 0 Å². The highest BCUT2D eigenvalue weighted by molar-refractivity contribution is 9.10. The van der Waals surface area contributed by atoms with Crippen LogP contribution in [0.5, 0.6) is 0 Å². The molecule has 0 saturated heterocycles. The number of Topliss-reactive ketones (excluding diaryl/α,β-unsaturated/α-hetero) is 1. The minimum absolute atomic E-state index is 0.0552. The Kier molecular flexibility index (Phi) is 3.14. The minimum Gasteiger partial charge on any atom is -0.467 e. The van der Waals surface area contributed by atoms with E-state index in [-0.39, 0.29) is 17.1 Å². The summed E-state index contributed by atoms with van der Waals surface area (Å²) in [6.45, 7) is 6.45. The molecule has 3 atom stereocenters. The Labute approximate surface area is 132 Å². The average Bonchev–Trinajstić information content (AvgIpc) is 3.04. The second-order valence-electron chi connectivity index (χ2n) is 6.92. The van der Waals surface area contributed by atoms with Gasteiger partial charge in [0.25, 0.3) is 0 Å². The molecular weight excluding hydrogens is 334 g/mol. The molecule has 2 aliphatic carbocycles. The number of rotatable bonds is 3. The van der Waals surface area contributed by atoms with Crippen LogP contribution in [0, 0.1) is 16.2 Å². The van der Waals surface area contributed by atoms with Crippen LogP contribution in [0.2, 0.25) is 0 Å². The summed E-state index contributed by atoms with van der Waals surface area (Å²) in [7, 11) is 0. The van der Waals surface area contributed by atoms with Gasteiger partial charge < -0.3 is 9.73 Å². The molecule has 1 aromatic rings. The van der Waals surface area contributed by atoms with Crippen molar-refractivity contribution in [3.63, 3.8) is 0 Å². The van der Waals surface area contributed by atoms with E-state index in [4.69, 9.17) is 4.42 Å². The SMILES string of the molecule is CC12CCC(C(=O)NCc3ccco3)(C(Br)C1=O)C2(C)C. The molecule has 2 saturated carbocycles. The Morgan fingerprint density at radius 1 is 1.43 bits per heavy atom. The molecule has 21 heavy (non-hydrogen) atoms. The van der Waals surface area contributed by atoms with Crippen molar-refractivity contribution in [3.05, 3.63) is 24.2 Å². The number of furan rings is 1. The number of nitrogens with one attached hydrogen (secondary N) is 1. The summed E-state index contributed by atoms with van der Waals surface area (Å²) in [5.41, 5.74) is -1.47. The van der Waals surface area contributed by atoms with Gasteiger partial charge in [-0.05, 0) is 30.4 Å². The Bertz CT molecular complexity index is 595. The van der Waals surface area contributed by atoms with Crippen molar-refractivity contribution in [1.82, 2.24) is 5.32 Å². The molecule has 0 spiro atoms. The molecule has 5 heteroatoms. The van der Waals surface area contributed by atoms with Crippen LogP contribution < -0.4 is 5.32 Å². The van der Waals surface area contributed by atoms with Crippen molar-refractivity contribution in [2.24, 2.45) is 16.2 Å². The highest BCUT2D eigenvalue weighted by Crippen LogP contribution is 2.72. The molecule has 1 N–H and O–H groups in total. The molecule has 114 valence electrons. The van der Waals surface area contributed by atoms with Crippen molar-refractivity contribution in [2.45, 2.75) is 45.0 Å². The van der Waals surface area contributed by atoms with Gasteiger partial charge in [-0.1, -0.05) is 36.7 Å². The molecule has 2 aliphatic rings. The summed E-state index contributed by atoms with van der Waals surface area (Å²) in [6, 6.07) is 3.62. The number of amides is 1. The van der Waals surface area contributed by atoms with Crippen LogP contribution in [0.15, 0.2) is 22.8 Å². The topological polar surface area (TPSA) is 59.3 Å². The molecular formula is C16H20BrNO3. The lowest BCUT2D eigenvalue weighted by Gasteiger charge is -2.39. The van der Waals surface area contributed by atoms with Gasteiger partial charge in [-0.3, -0.25) is 9.59 Å². The van der Waals surface area contributed by atoms with Crippen LogP contribution in [0.3, 0.4) is 0 Å². The van der Waals surface area contributed by atoms with E-state index >= 15 is 0 Å². The highest BCUT2D eigenvalue weighted by Gasteiger charge is 2.76. The minimum atomic E-state index is -0.675. The quantitative estimate of drug-likeness (QED) is 0.849. The van der Waals surface area contributed by atoms with Gasteiger partial charge in [-0.25, -0.2) is 0 Å². The van der Waals surface area contributed by atoms with E-state index in [1.165, 1.54) is 0 Å².